The number of aryl methyl sites for hydroxylation is 1. The second kappa shape index (κ2) is 6.15. The minimum Gasteiger partial charge on any atom is -0.291 e. The van der Waals surface area contributed by atoms with Crippen LogP contribution in [0.1, 0.15) is 18.2 Å². The molecule has 0 fully saturated rings. The van der Waals surface area contributed by atoms with Crippen LogP contribution in [0.5, 0.6) is 0 Å². The first-order valence-corrected chi connectivity index (χ1v) is 6.20. The maximum absolute atomic E-state index is 11.3. The molecule has 1 aromatic carbocycles. The third kappa shape index (κ3) is 3.93. The highest BCUT2D eigenvalue weighted by atomic mass is 35.5. The minimum atomic E-state index is -0.202. The van der Waals surface area contributed by atoms with Gasteiger partial charge in [0.25, 0.3) is 5.56 Å². The summed E-state index contributed by atoms with van der Waals surface area (Å²) >= 11 is 5.86. The fourth-order valence-electron chi connectivity index (χ4n) is 1.50. The number of H-pyrrole nitrogens is 1. The maximum Gasteiger partial charge on any atom is 0.252 e. The lowest BCUT2D eigenvalue weighted by molar-refractivity contribution is 0.974. The molecule has 0 spiro atoms. The Labute approximate surface area is 115 Å². The molecule has 19 heavy (non-hydrogen) atoms. The Morgan fingerprint density at radius 1 is 1.47 bits per heavy atom. The van der Waals surface area contributed by atoms with Crippen LogP contribution in [-0.4, -0.2) is 16.2 Å². The SMILES string of the molecule is CCc1cc(=O)[nH]c(N/N=C\c2cccc(Cl)c2)n1. The van der Waals surface area contributed by atoms with Crippen molar-refractivity contribution in [1.29, 1.82) is 0 Å². The molecule has 0 aliphatic heterocycles. The molecule has 0 amide bonds. The van der Waals surface area contributed by atoms with Crippen LogP contribution in [0.15, 0.2) is 40.2 Å². The number of rotatable bonds is 4. The zero-order valence-corrected chi connectivity index (χ0v) is 11.1. The highest BCUT2D eigenvalue weighted by Crippen LogP contribution is 2.08. The molecule has 0 bridgehead atoms. The van der Waals surface area contributed by atoms with E-state index in [1.54, 1.807) is 18.3 Å². The fourth-order valence-corrected chi connectivity index (χ4v) is 1.70. The van der Waals surface area contributed by atoms with E-state index in [1.807, 2.05) is 19.1 Å². The minimum absolute atomic E-state index is 0.202. The average Bonchev–Trinajstić information content (AvgIpc) is 2.38. The van der Waals surface area contributed by atoms with Gasteiger partial charge in [-0.15, -0.1) is 0 Å². The first-order valence-electron chi connectivity index (χ1n) is 5.82. The van der Waals surface area contributed by atoms with Gasteiger partial charge in [0.05, 0.1) is 6.21 Å². The monoisotopic (exact) mass is 276 g/mol. The molecule has 6 heteroatoms. The van der Waals surface area contributed by atoms with Gasteiger partial charge >= 0.3 is 0 Å². The Morgan fingerprint density at radius 2 is 2.32 bits per heavy atom. The molecule has 1 heterocycles. The topological polar surface area (TPSA) is 70.1 Å². The van der Waals surface area contributed by atoms with Gasteiger partial charge < -0.3 is 0 Å². The lowest BCUT2D eigenvalue weighted by Crippen LogP contribution is -2.11. The molecule has 0 saturated heterocycles. The van der Waals surface area contributed by atoms with E-state index in [0.29, 0.717) is 23.1 Å². The third-order valence-corrected chi connectivity index (χ3v) is 2.62. The molecule has 98 valence electrons. The summed E-state index contributed by atoms with van der Waals surface area (Å²) in [4.78, 5) is 18.1. The van der Waals surface area contributed by atoms with Crippen molar-refractivity contribution in [3.63, 3.8) is 0 Å². The fraction of sp³-hybridized carbons (Fsp3) is 0.154. The van der Waals surface area contributed by atoms with E-state index in [0.717, 1.165) is 5.56 Å². The molecule has 2 N–H and O–H groups in total. The van der Waals surface area contributed by atoms with Gasteiger partial charge in [-0.2, -0.15) is 5.10 Å². The van der Waals surface area contributed by atoms with Crippen LogP contribution in [0.2, 0.25) is 5.02 Å². The van der Waals surface area contributed by atoms with Crippen LogP contribution in [0.3, 0.4) is 0 Å². The summed E-state index contributed by atoms with van der Waals surface area (Å²) < 4.78 is 0. The Morgan fingerprint density at radius 3 is 3.05 bits per heavy atom. The number of nitrogens with zero attached hydrogens (tertiary/aromatic N) is 2. The van der Waals surface area contributed by atoms with Crippen LogP contribution in [-0.2, 0) is 6.42 Å². The van der Waals surface area contributed by atoms with Crippen LogP contribution >= 0.6 is 11.6 Å². The second-order valence-electron chi connectivity index (χ2n) is 3.86. The summed E-state index contributed by atoms with van der Waals surface area (Å²) in [6.07, 6.45) is 2.29. The molecule has 0 radical (unpaired) electrons. The summed E-state index contributed by atoms with van der Waals surface area (Å²) in [5, 5.41) is 4.65. The standard InChI is InChI=1S/C13H13ClN4O/c1-2-11-7-12(19)17-13(16-11)18-15-8-9-4-3-5-10(14)6-9/h3-8H,2H2,1H3,(H2,16,17,18,19)/b15-8-. The Kier molecular flexibility index (Phi) is 4.30. The maximum atomic E-state index is 11.3. The van der Waals surface area contributed by atoms with E-state index in [4.69, 9.17) is 11.6 Å². The van der Waals surface area contributed by atoms with Crippen LogP contribution < -0.4 is 11.0 Å². The summed E-state index contributed by atoms with van der Waals surface area (Å²) in [5.74, 6) is 0.322. The van der Waals surface area contributed by atoms with E-state index in [-0.39, 0.29) is 5.56 Å². The molecule has 2 aromatic rings. The second-order valence-corrected chi connectivity index (χ2v) is 4.30. The first kappa shape index (κ1) is 13.3. The molecule has 1 aromatic heterocycles. The van der Waals surface area contributed by atoms with Gasteiger partial charge in [0.15, 0.2) is 0 Å². The molecule has 5 nitrogen and oxygen atoms in total. The number of aromatic amines is 1. The summed E-state index contributed by atoms with van der Waals surface area (Å²) in [5.41, 5.74) is 4.05. The number of benzene rings is 1. The average molecular weight is 277 g/mol. The molecule has 0 unspecified atom stereocenters. The van der Waals surface area contributed by atoms with Gasteiger partial charge in [-0.3, -0.25) is 9.78 Å². The van der Waals surface area contributed by atoms with Gasteiger partial charge in [0.2, 0.25) is 5.95 Å². The molecular weight excluding hydrogens is 264 g/mol. The molecule has 2 rings (SSSR count). The van der Waals surface area contributed by atoms with Crippen LogP contribution in [0.25, 0.3) is 0 Å². The van der Waals surface area contributed by atoms with Crippen LogP contribution in [0, 0.1) is 0 Å². The summed E-state index contributed by atoms with van der Waals surface area (Å²) in [7, 11) is 0. The molecule has 0 aliphatic rings. The highest BCUT2D eigenvalue weighted by molar-refractivity contribution is 6.30. The lowest BCUT2D eigenvalue weighted by Gasteiger charge is -2.01. The number of anilines is 1. The van der Waals surface area contributed by atoms with E-state index >= 15 is 0 Å². The third-order valence-electron chi connectivity index (χ3n) is 2.39. The van der Waals surface area contributed by atoms with E-state index in [2.05, 4.69) is 20.5 Å². The number of aromatic nitrogens is 2. The van der Waals surface area contributed by atoms with Gasteiger partial charge in [0, 0.05) is 16.8 Å². The van der Waals surface area contributed by atoms with Crippen molar-refractivity contribution in [2.75, 3.05) is 5.43 Å². The van der Waals surface area contributed by atoms with Crippen molar-refractivity contribution < 1.29 is 0 Å². The smallest absolute Gasteiger partial charge is 0.252 e. The summed E-state index contributed by atoms with van der Waals surface area (Å²) in [6.45, 7) is 1.93. The zero-order valence-electron chi connectivity index (χ0n) is 10.4. The van der Waals surface area contributed by atoms with Gasteiger partial charge in [0.1, 0.15) is 0 Å². The predicted octanol–water partition coefficient (Wildman–Crippen LogP) is 2.43. The Bertz CT molecular complexity index is 651. The zero-order chi connectivity index (χ0) is 13.7. The van der Waals surface area contributed by atoms with Gasteiger partial charge in [-0.05, 0) is 24.1 Å². The molecular formula is C13H13ClN4O. The van der Waals surface area contributed by atoms with Crippen molar-refractivity contribution in [2.24, 2.45) is 5.10 Å². The van der Waals surface area contributed by atoms with Crippen molar-refractivity contribution in [3.8, 4) is 0 Å². The highest BCUT2D eigenvalue weighted by Gasteiger charge is 1.97. The number of hydrazone groups is 1. The largest absolute Gasteiger partial charge is 0.291 e. The van der Waals surface area contributed by atoms with Crippen molar-refractivity contribution in [1.82, 2.24) is 9.97 Å². The number of hydrogen-bond donors (Lipinski definition) is 2. The summed E-state index contributed by atoms with van der Waals surface area (Å²) in [6, 6.07) is 8.74. The van der Waals surface area contributed by atoms with Crippen molar-refractivity contribution >= 4 is 23.8 Å². The Balaban J connectivity index is 2.10. The number of nitrogens with one attached hydrogen (secondary N) is 2. The van der Waals surface area contributed by atoms with Gasteiger partial charge in [-0.25, -0.2) is 10.4 Å². The van der Waals surface area contributed by atoms with E-state index in [9.17, 15) is 4.79 Å². The van der Waals surface area contributed by atoms with Crippen molar-refractivity contribution in [3.05, 3.63) is 57.0 Å². The molecule has 0 aliphatic carbocycles. The lowest BCUT2D eigenvalue weighted by atomic mass is 10.2. The van der Waals surface area contributed by atoms with Gasteiger partial charge in [-0.1, -0.05) is 30.7 Å². The normalized spacial score (nSPS) is 10.8. The van der Waals surface area contributed by atoms with E-state index < -0.39 is 0 Å². The molecule has 0 saturated carbocycles. The number of halogens is 1. The number of hydrogen-bond acceptors (Lipinski definition) is 4. The quantitative estimate of drug-likeness (QED) is 0.665. The first-order chi connectivity index (χ1) is 9.17. The predicted molar refractivity (Wildman–Crippen MR) is 76.9 cm³/mol. The molecule has 0 atom stereocenters. The van der Waals surface area contributed by atoms with Crippen LogP contribution in [0.4, 0.5) is 5.95 Å². The van der Waals surface area contributed by atoms with Crippen molar-refractivity contribution in [2.45, 2.75) is 13.3 Å². The Hall–Kier alpha value is -2.14. The van der Waals surface area contributed by atoms with E-state index in [1.165, 1.54) is 6.07 Å².